The number of hydrogen-bond acceptors (Lipinski definition) is 1. The summed E-state index contributed by atoms with van der Waals surface area (Å²) in [6, 6.07) is 6.28. The van der Waals surface area contributed by atoms with E-state index in [0.29, 0.717) is 5.52 Å². The first-order valence-corrected chi connectivity index (χ1v) is 3.90. The first kappa shape index (κ1) is 7.54. The van der Waals surface area contributed by atoms with Crippen LogP contribution in [-0.2, 0) is 0 Å². The smallest absolute Gasteiger partial charge is 0.165 e. The zero-order chi connectivity index (χ0) is 7.40. The van der Waals surface area contributed by atoms with E-state index in [4.69, 9.17) is 4.74 Å². The molecule has 1 rings (SSSR count). The van der Waals surface area contributed by atoms with Crippen LogP contribution in [0.4, 0.5) is 4.39 Å². The molecule has 0 spiro atoms. The molecule has 1 aromatic rings. The van der Waals surface area contributed by atoms with Gasteiger partial charge in [0.2, 0.25) is 0 Å². The summed E-state index contributed by atoms with van der Waals surface area (Å²) in [6.07, 6.45) is 0. The summed E-state index contributed by atoms with van der Waals surface area (Å²) in [6.45, 7) is 0. The second kappa shape index (κ2) is 3.56. The van der Waals surface area contributed by atoms with Gasteiger partial charge in [-0.25, -0.2) is 4.39 Å². The van der Waals surface area contributed by atoms with Gasteiger partial charge in [-0.3, -0.25) is 0 Å². The summed E-state index contributed by atoms with van der Waals surface area (Å²) in [4.78, 5) is 0. The SMILES string of the molecule is Fc1ccccc1OCBr. The predicted octanol–water partition coefficient (Wildman–Crippen LogP) is 2.56. The molecule has 0 amide bonds. The van der Waals surface area contributed by atoms with Crippen LogP contribution in [0.1, 0.15) is 0 Å². The Balaban J connectivity index is 2.81. The van der Waals surface area contributed by atoms with Crippen LogP contribution in [0.3, 0.4) is 0 Å². The lowest BCUT2D eigenvalue weighted by Gasteiger charge is -2.00. The topological polar surface area (TPSA) is 9.23 Å². The van der Waals surface area contributed by atoms with Crippen LogP contribution >= 0.6 is 15.9 Å². The molecule has 0 aliphatic heterocycles. The summed E-state index contributed by atoms with van der Waals surface area (Å²) in [5.74, 6) is -0.0543. The summed E-state index contributed by atoms with van der Waals surface area (Å²) < 4.78 is 17.5. The van der Waals surface area contributed by atoms with Gasteiger partial charge in [-0.05, 0) is 28.1 Å². The Morgan fingerprint density at radius 3 is 2.70 bits per heavy atom. The van der Waals surface area contributed by atoms with E-state index in [1.165, 1.54) is 6.07 Å². The van der Waals surface area contributed by atoms with Gasteiger partial charge in [-0.15, -0.1) is 0 Å². The molecule has 0 N–H and O–H groups in total. The second-order valence-corrected chi connectivity index (χ2v) is 2.14. The van der Waals surface area contributed by atoms with Crippen molar-refractivity contribution in [3.05, 3.63) is 30.1 Å². The molecule has 1 nitrogen and oxygen atoms in total. The van der Waals surface area contributed by atoms with Crippen LogP contribution in [0.25, 0.3) is 0 Å². The van der Waals surface area contributed by atoms with Gasteiger partial charge in [0.05, 0.1) is 0 Å². The van der Waals surface area contributed by atoms with Crippen molar-refractivity contribution in [3.63, 3.8) is 0 Å². The fraction of sp³-hybridized carbons (Fsp3) is 0.143. The molecule has 0 aliphatic rings. The first-order valence-electron chi connectivity index (χ1n) is 2.78. The van der Waals surface area contributed by atoms with Gasteiger partial charge in [-0.2, -0.15) is 0 Å². The molecule has 54 valence electrons. The summed E-state index contributed by atoms with van der Waals surface area (Å²) in [5, 5.41) is 0. The van der Waals surface area contributed by atoms with Crippen LogP contribution in [0, 0.1) is 5.82 Å². The van der Waals surface area contributed by atoms with Crippen molar-refractivity contribution >= 4 is 15.9 Å². The zero-order valence-corrected chi connectivity index (χ0v) is 6.77. The third kappa shape index (κ3) is 1.70. The summed E-state index contributed by atoms with van der Waals surface area (Å²) in [5.41, 5.74) is 0.313. The zero-order valence-electron chi connectivity index (χ0n) is 5.18. The lowest BCUT2D eigenvalue weighted by molar-refractivity contribution is 0.372. The fourth-order valence-corrected chi connectivity index (χ4v) is 0.867. The Morgan fingerprint density at radius 1 is 1.40 bits per heavy atom. The van der Waals surface area contributed by atoms with E-state index < -0.39 is 0 Å². The summed E-state index contributed by atoms with van der Waals surface area (Å²) in [7, 11) is 0. The largest absolute Gasteiger partial charge is 0.479 e. The number of para-hydroxylation sites is 1. The highest BCUT2D eigenvalue weighted by molar-refractivity contribution is 9.09. The molecule has 1 aromatic carbocycles. The average Bonchev–Trinajstić information content (AvgIpc) is 1.94. The number of benzene rings is 1. The molecular formula is C7H6BrFO. The average molecular weight is 205 g/mol. The molecule has 0 bridgehead atoms. The van der Waals surface area contributed by atoms with Crippen molar-refractivity contribution in [1.29, 1.82) is 0 Å². The van der Waals surface area contributed by atoms with E-state index in [1.807, 2.05) is 0 Å². The highest BCUT2D eigenvalue weighted by atomic mass is 79.9. The van der Waals surface area contributed by atoms with Crippen molar-refractivity contribution in [2.45, 2.75) is 0 Å². The Kier molecular flexibility index (Phi) is 2.68. The maximum absolute atomic E-state index is 12.6. The Bertz CT molecular complexity index is 215. The summed E-state index contributed by atoms with van der Waals surface area (Å²) >= 11 is 3.03. The number of halogens is 2. The van der Waals surface area contributed by atoms with Gasteiger partial charge >= 0.3 is 0 Å². The molecule has 0 unspecified atom stereocenters. The van der Waals surface area contributed by atoms with E-state index >= 15 is 0 Å². The Hall–Kier alpha value is -0.570. The molecule has 0 aromatic heterocycles. The van der Waals surface area contributed by atoms with Gasteiger partial charge in [0, 0.05) is 0 Å². The number of hydrogen-bond donors (Lipinski definition) is 0. The molecule has 3 heteroatoms. The molecule has 0 radical (unpaired) electrons. The van der Waals surface area contributed by atoms with Gasteiger partial charge in [-0.1, -0.05) is 12.1 Å². The predicted molar refractivity (Wildman–Crippen MR) is 40.8 cm³/mol. The highest BCUT2D eigenvalue weighted by Crippen LogP contribution is 2.15. The standard InChI is InChI=1S/C7H6BrFO/c8-5-10-7-4-2-1-3-6(7)9/h1-4H,5H2. The first-order chi connectivity index (χ1) is 4.84. The number of ether oxygens (including phenoxy) is 1. The fourth-order valence-electron chi connectivity index (χ4n) is 0.621. The van der Waals surface area contributed by atoms with E-state index in [-0.39, 0.29) is 11.6 Å². The molecule has 0 aliphatic carbocycles. The van der Waals surface area contributed by atoms with Crippen molar-refractivity contribution < 1.29 is 9.13 Å². The molecule has 0 heterocycles. The molecule has 0 fully saturated rings. The minimum Gasteiger partial charge on any atom is -0.479 e. The molecule has 10 heavy (non-hydrogen) atoms. The van der Waals surface area contributed by atoms with E-state index in [2.05, 4.69) is 15.9 Å². The lowest BCUT2D eigenvalue weighted by atomic mass is 10.3. The van der Waals surface area contributed by atoms with Crippen LogP contribution in [0.5, 0.6) is 5.75 Å². The molecule has 0 saturated heterocycles. The third-order valence-corrected chi connectivity index (χ3v) is 1.28. The highest BCUT2D eigenvalue weighted by Gasteiger charge is 1.97. The normalized spacial score (nSPS) is 9.40. The van der Waals surface area contributed by atoms with Crippen LogP contribution < -0.4 is 4.74 Å². The monoisotopic (exact) mass is 204 g/mol. The quantitative estimate of drug-likeness (QED) is 0.674. The van der Waals surface area contributed by atoms with Gasteiger partial charge in [0.1, 0.15) is 5.52 Å². The van der Waals surface area contributed by atoms with E-state index in [0.717, 1.165) is 0 Å². The van der Waals surface area contributed by atoms with Crippen molar-refractivity contribution in [2.24, 2.45) is 0 Å². The van der Waals surface area contributed by atoms with Crippen molar-refractivity contribution in [2.75, 3.05) is 5.52 Å². The van der Waals surface area contributed by atoms with Crippen LogP contribution in [0.2, 0.25) is 0 Å². The Morgan fingerprint density at radius 2 is 2.10 bits per heavy atom. The number of rotatable bonds is 2. The van der Waals surface area contributed by atoms with Crippen molar-refractivity contribution in [3.8, 4) is 5.75 Å². The second-order valence-electron chi connectivity index (χ2n) is 1.68. The maximum atomic E-state index is 12.6. The number of alkyl halides is 1. The van der Waals surface area contributed by atoms with E-state index in [9.17, 15) is 4.39 Å². The molecule has 0 atom stereocenters. The van der Waals surface area contributed by atoms with Gasteiger partial charge in [0.15, 0.2) is 11.6 Å². The minimum absolute atomic E-state index is 0.277. The lowest BCUT2D eigenvalue weighted by Crippen LogP contribution is -1.90. The maximum Gasteiger partial charge on any atom is 0.165 e. The minimum atomic E-state index is -0.332. The van der Waals surface area contributed by atoms with Gasteiger partial charge < -0.3 is 4.74 Å². The van der Waals surface area contributed by atoms with Crippen LogP contribution in [0.15, 0.2) is 24.3 Å². The van der Waals surface area contributed by atoms with Gasteiger partial charge in [0.25, 0.3) is 0 Å². The van der Waals surface area contributed by atoms with Crippen LogP contribution in [-0.4, -0.2) is 5.52 Å². The molecular weight excluding hydrogens is 199 g/mol. The Labute approximate surface area is 66.9 Å². The molecule has 0 saturated carbocycles. The third-order valence-electron chi connectivity index (χ3n) is 1.05. The van der Waals surface area contributed by atoms with Crippen molar-refractivity contribution in [1.82, 2.24) is 0 Å². The van der Waals surface area contributed by atoms with E-state index in [1.54, 1.807) is 18.2 Å².